The van der Waals surface area contributed by atoms with Crippen molar-refractivity contribution in [2.24, 2.45) is 0 Å². The van der Waals surface area contributed by atoms with Gasteiger partial charge in [0.2, 0.25) is 0 Å². The highest BCUT2D eigenvalue weighted by Crippen LogP contribution is 2.43. The van der Waals surface area contributed by atoms with Gasteiger partial charge in [-0.15, -0.1) is 0 Å². The summed E-state index contributed by atoms with van der Waals surface area (Å²) in [7, 11) is 1.72. The lowest BCUT2D eigenvalue weighted by molar-refractivity contribution is -0.124. The number of hydrogen-bond acceptors (Lipinski definition) is 4. The Kier molecular flexibility index (Phi) is 3.58. The fourth-order valence-corrected chi connectivity index (χ4v) is 3.89. The maximum Gasteiger partial charge on any atom is 0.252 e. The predicted molar refractivity (Wildman–Crippen MR) is 87.5 cm³/mol. The summed E-state index contributed by atoms with van der Waals surface area (Å²) < 4.78 is 19.3. The van der Waals surface area contributed by atoms with Crippen molar-refractivity contribution >= 4 is 27.6 Å². The van der Waals surface area contributed by atoms with Crippen LogP contribution in [0, 0.1) is 5.82 Å². The number of halogens is 2. The van der Waals surface area contributed by atoms with Gasteiger partial charge in [-0.2, -0.15) is 0 Å². The Labute approximate surface area is 146 Å². The fourth-order valence-electron chi connectivity index (χ4n) is 3.49. The summed E-state index contributed by atoms with van der Waals surface area (Å²) in [6, 6.07) is 4.60. The third kappa shape index (κ3) is 2.22. The number of ether oxygens (including phenoxy) is 1. The summed E-state index contributed by atoms with van der Waals surface area (Å²) in [5.74, 6) is -1.15. The Morgan fingerprint density at radius 3 is 2.79 bits per heavy atom. The zero-order chi connectivity index (χ0) is 17.0. The maximum absolute atomic E-state index is 13.6. The third-order valence-corrected chi connectivity index (χ3v) is 5.17. The van der Waals surface area contributed by atoms with Crippen LogP contribution in [-0.2, 0) is 14.3 Å². The van der Waals surface area contributed by atoms with Gasteiger partial charge in [0.1, 0.15) is 12.4 Å². The minimum atomic E-state index is -0.498. The van der Waals surface area contributed by atoms with Crippen molar-refractivity contribution in [2.75, 3.05) is 26.8 Å². The van der Waals surface area contributed by atoms with E-state index in [9.17, 15) is 14.0 Å². The number of amides is 1. The molecule has 0 aromatic heterocycles. The Morgan fingerprint density at radius 1 is 1.25 bits per heavy atom. The lowest BCUT2D eigenvalue weighted by Gasteiger charge is -2.32. The van der Waals surface area contributed by atoms with E-state index in [1.54, 1.807) is 24.1 Å². The number of rotatable bonds is 1. The van der Waals surface area contributed by atoms with Gasteiger partial charge >= 0.3 is 0 Å². The van der Waals surface area contributed by atoms with Crippen molar-refractivity contribution in [3.63, 3.8) is 0 Å². The summed E-state index contributed by atoms with van der Waals surface area (Å²) in [5.41, 5.74) is 3.29. The minimum absolute atomic E-state index is 0.00792. The van der Waals surface area contributed by atoms with Crippen LogP contribution < -0.4 is 5.32 Å². The summed E-state index contributed by atoms with van der Waals surface area (Å²) in [5, 5.41) is 3.20. The molecule has 3 aliphatic heterocycles. The molecule has 1 atom stereocenters. The third-order valence-electron chi connectivity index (χ3n) is 4.56. The first-order valence-electron chi connectivity index (χ1n) is 7.52. The Morgan fingerprint density at radius 2 is 2.04 bits per heavy atom. The fraction of sp³-hybridized carbons (Fsp3) is 0.294. The summed E-state index contributed by atoms with van der Waals surface area (Å²) in [4.78, 5) is 26.7. The highest BCUT2D eigenvalue weighted by molar-refractivity contribution is 9.10. The van der Waals surface area contributed by atoms with Crippen LogP contribution in [0.1, 0.15) is 11.5 Å². The lowest BCUT2D eigenvalue weighted by Crippen LogP contribution is -2.37. The molecule has 1 aromatic carbocycles. The molecule has 0 spiro atoms. The topological polar surface area (TPSA) is 58.6 Å². The standard InChI is InChI=1S/C17H14BrFN2O3/c1-21-5-11-16(17(21)23)14(8-2-3-10(19)9(18)4-8)15-12(20-11)6-24-7-13(15)22/h2-4,14,20H,5-7H2,1H3. The van der Waals surface area contributed by atoms with E-state index in [0.717, 1.165) is 5.70 Å². The minimum Gasteiger partial charge on any atom is -0.367 e. The number of carbonyl (C=O) groups is 2. The smallest absolute Gasteiger partial charge is 0.252 e. The summed E-state index contributed by atoms with van der Waals surface area (Å²) in [6.07, 6.45) is 0. The number of nitrogens with one attached hydrogen (secondary N) is 1. The summed E-state index contributed by atoms with van der Waals surface area (Å²) in [6.45, 7) is 0.749. The molecule has 3 heterocycles. The van der Waals surface area contributed by atoms with E-state index in [0.29, 0.717) is 40.0 Å². The molecule has 7 heteroatoms. The molecule has 4 rings (SSSR count). The normalized spacial score (nSPS) is 23.5. The molecule has 1 unspecified atom stereocenters. The van der Waals surface area contributed by atoms with Gasteiger partial charge in [-0.1, -0.05) is 6.07 Å². The number of hydrogen-bond donors (Lipinski definition) is 1. The van der Waals surface area contributed by atoms with Crippen molar-refractivity contribution in [3.05, 3.63) is 56.6 Å². The number of Topliss-reactive ketones (excluding diaryl/α,β-unsaturated/α-hetero) is 1. The van der Waals surface area contributed by atoms with Gasteiger partial charge in [0, 0.05) is 29.9 Å². The highest BCUT2D eigenvalue weighted by Gasteiger charge is 2.43. The van der Waals surface area contributed by atoms with Gasteiger partial charge in [-0.05, 0) is 33.6 Å². The molecule has 0 radical (unpaired) electrons. The Bertz CT molecular complexity index is 846. The molecule has 0 saturated carbocycles. The van der Waals surface area contributed by atoms with Crippen molar-refractivity contribution in [1.29, 1.82) is 0 Å². The quantitative estimate of drug-likeness (QED) is 0.792. The van der Waals surface area contributed by atoms with E-state index in [-0.39, 0.29) is 24.1 Å². The van der Waals surface area contributed by atoms with Crippen molar-refractivity contribution in [1.82, 2.24) is 10.2 Å². The van der Waals surface area contributed by atoms with Crippen LogP contribution in [0.25, 0.3) is 0 Å². The average Bonchev–Trinajstić information content (AvgIpc) is 2.83. The number of carbonyl (C=O) groups excluding carboxylic acids is 2. The van der Waals surface area contributed by atoms with Crippen LogP contribution >= 0.6 is 15.9 Å². The molecule has 0 bridgehead atoms. The number of ketones is 1. The van der Waals surface area contributed by atoms with Crippen LogP contribution in [-0.4, -0.2) is 43.4 Å². The zero-order valence-corrected chi connectivity index (χ0v) is 14.4. The van der Waals surface area contributed by atoms with Crippen LogP contribution in [0.5, 0.6) is 0 Å². The van der Waals surface area contributed by atoms with E-state index in [2.05, 4.69) is 21.2 Å². The SMILES string of the molecule is CN1CC2=C(C1=O)C(c1ccc(F)c(Br)c1)C1=C(COCC1=O)N2. The van der Waals surface area contributed by atoms with Gasteiger partial charge < -0.3 is 15.0 Å². The molecule has 124 valence electrons. The Balaban J connectivity index is 1.91. The van der Waals surface area contributed by atoms with Crippen molar-refractivity contribution in [3.8, 4) is 0 Å². The van der Waals surface area contributed by atoms with E-state index in [1.165, 1.54) is 6.07 Å². The van der Waals surface area contributed by atoms with E-state index in [4.69, 9.17) is 4.74 Å². The van der Waals surface area contributed by atoms with Crippen molar-refractivity contribution < 1.29 is 18.7 Å². The van der Waals surface area contributed by atoms with Crippen LogP contribution in [0.3, 0.4) is 0 Å². The molecule has 3 aliphatic rings. The molecule has 0 fully saturated rings. The molecule has 1 N–H and O–H groups in total. The molecule has 1 aromatic rings. The highest BCUT2D eigenvalue weighted by atomic mass is 79.9. The number of dihydropyridines is 1. The second-order valence-corrected chi connectivity index (χ2v) is 6.95. The van der Waals surface area contributed by atoms with Gasteiger partial charge in [0.05, 0.1) is 23.2 Å². The van der Waals surface area contributed by atoms with Gasteiger partial charge in [-0.25, -0.2) is 4.39 Å². The van der Waals surface area contributed by atoms with Crippen LogP contribution in [0.15, 0.2) is 45.2 Å². The number of nitrogens with zero attached hydrogens (tertiary/aromatic N) is 1. The molecule has 0 aliphatic carbocycles. The first kappa shape index (κ1) is 15.5. The Hall–Kier alpha value is -1.99. The molecular formula is C17H14BrFN2O3. The van der Waals surface area contributed by atoms with E-state index >= 15 is 0 Å². The molecule has 0 saturated heterocycles. The van der Waals surface area contributed by atoms with Gasteiger partial charge in [-0.3, -0.25) is 9.59 Å². The monoisotopic (exact) mass is 392 g/mol. The molecule has 5 nitrogen and oxygen atoms in total. The number of benzene rings is 1. The zero-order valence-electron chi connectivity index (χ0n) is 12.9. The molecular weight excluding hydrogens is 379 g/mol. The first-order chi connectivity index (χ1) is 11.5. The second kappa shape index (κ2) is 5.53. The lowest BCUT2D eigenvalue weighted by atomic mass is 9.78. The maximum atomic E-state index is 13.6. The average molecular weight is 393 g/mol. The second-order valence-electron chi connectivity index (χ2n) is 6.09. The number of likely N-dealkylation sites (N-methyl/N-ethyl adjacent to an activating group) is 1. The van der Waals surface area contributed by atoms with Crippen molar-refractivity contribution in [2.45, 2.75) is 5.92 Å². The largest absolute Gasteiger partial charge is 0.367 e. The predicted octanol–water partition coefficient (Wildman–Crippen LogP) is 1.85. The molecule has 24 heavy (non-hydrogen) atoms. The van der Waals surface area contributed by atoms with E-state index < -0.39 is 5.92 Å². The van der Waals surface area contributed by atoms with Crippen LogP contribution in [0.2, 0.25) is 0 Å². The van der Waals surface area contributed by atoms with Crippen LogP contribution in [0.4, 0.5) is 4.39 Å². The summed E-state index contributed by atoms with van der Waals surface area (Å²) >= 11 is 3.19. The first-order valence-corrected chi connectivity index (χ1v) is 8.31. The molecule has 1 amide bonds. The van der Waals surface area contributed by atoms with E-state index in [1.807, 2.05) is 0 Å². The van der Waals surface area contributed by atoms with Gasteiger partial charge in [0.25, 0.3) is 5.91 Å². The van der Waals surface area contributed by atoms with Gasteiger partial charge in [0.15, 0.2) is 5.78 Å².